The highest BCUT2D eigenvalue weighted by Crippen LogP contribution is 2.28. The van der Waals surface area contributed by atoms with Crippen molar-refractivity contribution in [2.24, 2.45) is 11.7 Å². The van der Waals surface area contributed by atoms with E-state index in [2.05, 4.69) is 20.8 Å². The number of carbonyl (C=O) groups is 1. The van der Waals surface area contributed by atoms with E-state index < -0.39 is 0 Å². The quantitative estimate of drug-likeness (QED) is 0.666. The van der Waals surface area contributed by atoms with Gasteiger partial charge in [0.15, 0.2) is 11.5 Å². The first-order valence-electron chi connectivity index (χ1n) is 8.72. The fourth-order valence-corrected chi connectivity index (χ4v) is 2.24. The second-order valence-corrected chi connectivity index (χ2v) is 6.49. The predicted molar refractivity (Wildman–Crippen MR) is 97.8 cm³/mol. The SMILES string of the molecule is CCCCOc1ccc(C(=O)N(C)CCC(N)C(C)C)cc1OC. The van der Waals surface area contributed by atoms with Crippen molar-refractivity contribution in [1.82, 2.24) is 4.90 Å². The van der Waals surface area contributed by atoms with Crippen LogP contribution in [0.1, 0.15) is 50.4 Å². The van der Waals surface area contributed by atoms with Gasteiger partial charge in [-0.25, -0.2) is 0 Å². The number of hydrogen-bond donors (Lipinski definition) is 1. The predicted octanol–water partition coefficient (Wildman–Crippen LogP) is 3.32. The number of methoxy groups -OCH3 is 1. The molecule has 136 valence electrons. The van der Waals surface area contributed by atoms with E-state index in [0.29, 0.717) is 36.1 Å². The largest absolute Gasteiger partial charge is 0.493 e. The number of ether oxygens (including phenoxy) is 2. The summed E-state index contributed by atoms with van der Waals surface area (Å²) < 4.78 is 11.1. The van der Waals surface area contributed by atoms with Crippen LogP contribution in [0, 0.1) is 5.92 Å². The number of unbranched alkanes of at least 4 members (excludes halogenated alkanes) is 1. The molecule has 0 aromatic heterocycles. The maximum Gasteiger partial charge on any atom is 0.253 e. The van der Waals surface area contributed by atoms with Crippen LogP contribution in [0.3, 0.4) is 0 Å². The van der Waals surface area contributed by atoms with E-state index in [-0.39, 0.29) is 11.9 Å². The topological polar surface area (TPSA) is 64.8 Å². The normalized spacial score (nSPS) is 12.1. The summed E-state index contributed by atoms with van der Waals surface area (Å²) >= 11 is 0. The number of amides is 1. The van der Waals surface area contributed by atoms with Crippen molar-refractivity contribution in [3.05, 3.63) is 23.8 Å². The first kappa shape index (κ1) is 20.3. The fraction of sp³-hybridized carbons (Fsp3) is 0.632. The Morgan fingerprint density at radius 3 is 2.58 bits per heavy atom. The Kier molecular flexibility index (Phi) is 8.61. The highest BCUT2D eigenvalue weighted by Gasteiger charge is 2.16. The lowest BCUT2D eigenvalue weighted by Crippen LogP contribution is -2.34. The van der Waals surface area contributed by atoms with E-state index in [1.165, 1.54) is 0 Å². The van der Waals surface area contributed by atoms with Crippen LogP contribution in [0.2, 0.25) is 0 Å². The number of nitrogens with zero attached hydrogens (tertiary/aromatic N) is 1. The van der Waals surface area contributed by atoms with Crippen LogP contribution in [0.4, 0.5) is 0 Å². The lowest BCUT2D eigenvalue weighted by Gasteiger charge is -2.22. The first-order valence-corrected chi connectivity index (χ1v) is 8.72. The number of benzene rings is 1. The van der Waals surface area contributed by atoms with Crippen molar-refractivity contribution in [1.29, 1.82) is 0 Å². The van der Waals surface area contributed by atoms with Gasteiger partial charge in [0.25, 0.3) is 5.91 Å². The molecule has 0 radical (unpaired) electrons. The summed E-state index contributed by atoms with van der Waals surface area (Å²) in [5.41, 5.74) is 6.65. The molecule has 0 bridgehead atoms. The van der Waals surface area contributed by atoms with Crippen molar-refractivity contribution in [3.63, 3.8) is 0 Å². The molecule has 5 heteroatoms. The zero-order chi connectivity index (χ0) is 18.1. The molecular formula is C19H32N2O3. The summed E-state index contributed by atoms with van der Waals surface area (Å²) in [6, 6.07) is 5.42. The zero-order valence-corrected chi connectivity index (χ0v) is 15.7. The maximum atomic E-state index is 12.6. The van der Waals surface area contributed by atoms with Crippen LogP contribution in [-0.4, -0.2) is 44.2 Å². The van der Waals surface area contributed by atoms with Gasteiger partial charge >= 0.3 is 0 Å². The Balaban J connectivity index is 2.72. The van der Waals surface area contributed by atoms with Gasteiger partial charge in [-0.1, -0.05) is 27.2 Å². The molecule has 2 N–H and O–H groups in total. The van der Waals surface area contributed by atoms with Crippen molar-refractivity contribution in [2.45, 2.75) is 46.1 Å². The average Bonchev–Trinajstić information content (AvgIpc) is 2.58. The molecule has 1 unspecified atom stereocenters. The van der Waals surface area contributed by atoms with Gasteiger partial charge in [0, 0.05) is 25.2 Å². The summed E-state index contributed by atoms with van der Waals surface area (Å²) in [6.07, 6.45) is 2.85. The Morgan fingerprint density at radius 1 is 1.29 bits per heavy atom. The van der Waals surface area contributed by atoms with Gasteiger partial charge in [-0.3, -0.25) is 4.79 Å². The highest BCUT2D eigenvalue weighted by molar-refractivity contribution is 5.94. The lowest BCUT2D eigenvalue weighted by molar-refractivity contribution is 0.0788. The molecule has 0 heterocycles. The molecule has 1 rings (SSSR count). The van der Waals surface area contributed by atoms with E-state index in [1.807, 2.05) is 0 Å². The molecule has 0 fully saturated rings. The summed E-state index contributed by atoms with van der Waals surface area (Å²) in [5, 5.41) is 0. The lowest BCUT2D eigenvalue weighted by atomic mass is 10.0. The van der Waals surface area contributed by atoms with E-state index in [4.69, 9.17) is 15.2 Å². The van der Waals surface area contributed by atoms with Gasteiger partial charge in [-0.2, -0.15) is 0 Å². The molecule has 0 spiro atoms. The van der Waals surface area contributed by atoms with Crippen molar-refractivity contribution in [3.8, 4) is 11.5 Å². The van der Waals surface area contributed by atoms with Gasteiger partial charge in [0.05, 0.1) is 13.7 Å². The van der Waals surface area contributed by atoms with Crippen LogP contribution < -0.4 is 15.2 Å². The van der Waals surface area contributed by atoms with Gasteiger partial charge < -0.3 is 20.1 Å². The van der Waals surface area contributed by atoms with E-state index in [9.17, 15) is 4.79 Å². The molecule has 1 amide bonds. The summed E-state index contributed by atoms with van der Waals surface area (Å²) in [5.74, 6) is 1.63. The van der Waals surface area contributed by atoms with E-state index in [0.717, 1.165) is 19.3 Å². The van der Waals surface area contributed by atoms with Crippen LogP contribution in [0.15, 0.2) is 18.2 Å². The van der Waals surface area contributed by atoms with Crippen molar-refractivity contribution < 1.29 is 14.3 Å². The molecule has 0 saturated carbocycles. The number of carbonyl (C=O) groups excluding carboxylic acids is 1. The minimum Gasteiger partial charge on any atom is -0.493 e. The smallest absolute Gasteiger partial charge is 0.253 e. The second-order valence-electron chi connectivity index (χ2n) is 6.49. The Hall–Kier alpha value is -1.75. The second kappa shape index (κ2) is 10.2. The molecule has 0 aliphatic rings. The highest BCUT2D eigenvalue weighted by atomic mass is 16.5. The zero-order valence-electron chi connectivity index (χ0n) is 15.7. The molecular weight excluding hydrogens is 304 g/mol. The first-order chi connectivity index (χ1) is 11.4. The third-order valence-electron chi connectivity index (χ3n) is 4.17. The van der Waals surface area contributed by atoms with Crippen LogP contribution >= 0.6 is 0 Å². The maximum absolute atomic E-state index is 12.6. The fourth-order valence-electron chi connectivity index (χ4n) is 2.24. The molecule has 1 aromatic carbocycles. The van der Waals surface area contributed by atoms with Gasteiger partial charge in [0.1, 0.15) is 0 Å². The molecule has 0 saturated heterocycles. The molecule has 0 aliphatic carbocycles. The summed E-state index contributed by atoms with van der Waals surface area (Å²) in [6.45, 7) is 7.58. The van der Waals surface area contributed by atoms with Crippen molar-refractivity contribution >= 4 is 5.91 Å². The van der Waals surface area contributed by atoms with Gasteiger partial charge in [-0.15, -0.1) is 0 Å². The third kappa shape index (κ3) is 6.04. The molecule has 24 heavy (non-hydrogen) atoms. The van der Waals surface area contributed by atoms with Crippen LogP contribution in [0.5, 0.6) is 11.5 Å². The number of rotatable bonds is 10. The van der Waals surface area contributed by atoms with Crippen molar-refractivity contribution in [2.75, 3.05) is 27.3 Å². The van der Waals surface area contributed by atoms with Gasteiger partial charge in [0.2, 0.25) is 0 Å². The summed E-state index contributed by atoms with van der Waals surface area (Å²) in [7, 11) is 3.38. The van der Waals surface area contributed by atoms with Crippen LogP contribution in [-0.2, 0) is 0 Å². The number of nitrogens with two attached hydrogens (primary N) is 1. The standard InChI is InChI=1S/C19H32N2O3/c1-6-7-12-24-17-9-8-15(13-18(17)23-5)19(22)21(4)11-10-16(20)14(2)3/h8-9,13-14,16H,6-7,10-12,20H2,1-5H3. The van der Waals surface area contributed by atoms with E-state index >= 15 is 0 Å². The van der Waals surface area contributed by atoms with Crippen LogP contribution in [0.25, 0.3) is 0 Å². The Bertz CT molecular complexity index is 517. The van der Waals surface area contributed by atoms with Gasteiger partial charge in [-0.05, 0) is 37.0 Å². The summed E-state index contributed by atoms with van der Waals surface area (Å²) in [4.78, 5) is 14.3. The minimum atomic E-state index is -0.0376. The molecule has 0 aliphatic heterocycles. The molecule has 1 atom stereocenters. The molecule has 5 nitrogen and oxygen atoms in total. The molecule has 1 aromatic rings. The third-order valence-corrected chi connectivity index (χ3v) is 4.17. The monoisotopic (exact) mass is 336 g/mol. The van der Waals surface area contributed by atoms with E-state index in [1.54, 1.807) is 37.3 Å². The Morgan fingerprint density at radius 2 is 2.00 bits per heavy atom. The number of hydrogen-bond acceptors (Lipinski definition) is 4. The minimum absolute atomic E-state index is 0.0376. The average molecular weight is 336 g/mol. The Labute approximate surface area is 146 Å².